The summed E-state index contributed by atoms with van der Waals surface area (Å²) in [5.74, 6) is 0. The summed E-state index contributed by atoms with van der Waals surface area (Å²) in [7, 11) is 0. The van der Waals surface area contributed by atoms with Crippen molar-refractivity contribution in [1.82, 2.24) is 0 Å². The fourth-order valence-corrected chi connectivity index (χ4v) is 1.26. The first-order valence-corrected chi connectivity index (χ1v) is 4.07. The van der Waals surface area contributed by atoms with Crippen molar-refractivity contribution in [2.45, 2.75) is 0 Å². The zero-order valence-corrected chi connectivity index (χ0v) is 15.3. The van der Waals surface area contributed by atoms with Gasteiger partial charge in [0.1, 0.15) is 0 Å². The van der Waals surface area contributed by atoms with Crippen LogP contribution < -0.4 is 0 Å². The Morgan fingerprint density at radius 3 is 0.875 bits per heavy atom. The van der Waals surface area contributed by atoms with Gasteiger partial charge in [0.2, 0.25) is 0 Å². The van der Waals surface area contributed by atoms with E-state index in [1.165, 1.54) is 11.1 Å². The van der Waals surface area contributed by atoms with Crippen LogP contribution in [0.2, 0.25) is 0 Å². The van der Waals surface area contributed by atoms with Gasteiger partial charge in [0.15, 0.2) is 0 Å². The zero-order chi connectivity index (χ0) is 8.23. The maximum absolute atomic E-state index is 2.12. The van der Waals surface area contributed by atoms with Crippen molar-refractivity contribution in [2.24, 2.45) is 0 Å². The lowest BCUT2D eigenvalue weighted by atomic mass is 10.1. The molecule has 0 saturated carbocycles. The standard InChI is InChI=1S/C12H10.4BrH/c1-3-7-11(8-4-1)12-9-5-2-6-10-12;;;;/h1-10H;4*1H. The molecule has 16 heavy (non-hydrogen) atoms. The molecular weight excluding hydrogens is 464 g/mol. The molecule has 0 aliphatic heterocycles. The van der Waals surface area contributed by atoms with Crippen molar-refractivity contribution in [2.75, 3.05) is 0 Å². The fourth-order valence-electron chi connectivity index (χ4n) is 1.26. The number of benzene rings is 2. The molecule has 0 N–H and O–H groups in total. The van der Waals surface area contributed by atoms with Gasteiger partial charge in [-0.25, -0.2) is 0 Å². The van der Waals surface area contributed by atoms with Gasteiger partial charge < -0.3 is 0 Å². The van der Waals surface area contributed by atoms with Gasteiger partial charge in [0.25, 0.3) is 0 Å². The average Bonchev–Trinajstić information content (AvgIpc) is 2.21. The number of rotatable bonds is 1. The van der Waals surface area contributed by atoms with Crippen molar-refractivity contribution in [3.05, 3.63) is 60.7 Å². The van der Waals surface area contributed by atoms with E-state index in [4.69, 9.17) is 0 Å². The molecule has 2 aromatic rings. The SMILES string of the molecule is Br.Br.Br.Br.c1ccc(-c2ccccc2)cc1. The molecule has 2 aromatic carbocycles. The van der Waals surface area contributed by atoms with Crippen LogP contribution in [0.1, 0.15) is 0 Å². The maximum Gasteiger partial charge on any atom is -0.0184 e. The van der Waals surface area contributed by atoms with Crippen LogP contribution in [0.15, 0.2) is 60.7 Å². The second kappa shape index (κ2) is 11.8. The Labute approximate surface area is 139 Å². The molecule has 0 saturated heterocycles. The van der Waals surface area contributed by atoms with E-state index in [1.54, 1.807) is 0 Å². The molecule has 0 heterocycles. The minimum Gasteiger partial charge on any atom is -0.114 e. The average molecular weight is 478 g/mol. The molecule has 0 aliphatic rings. The van der Waals surface area contributed by atoms with Crippen LogP contribution in [-0.2, 0) is 0 Å². The highest BCUT2D eigenvalue weighted by Gasteiger charge is 1.91. The molecule has 0 fully saturated rings. The molecule has 0 spiro atoms. The van der Waals surface area contributed by atoms with Crippen LogP contribution in [0.3, 0.4) is 0 Å². The Hall–Kier alpha value is 0.360. The zero-order valence-electron chi connectivity index (χ0n) is 8.41. The Bertz CT molecular complexity index is 310. The summed E-state index contributed by atoms with van der Waals surface area (Å²) < 4.78 is 0. The third kappa shape index (κ3) is 6.18. The normalized spacial score (nSPS) is 7.25. The van der Waals surface area contributed by atoms with E-state index in [-0.39, 0.29) is 67.9 Å². The smallest absolute Gasteiger partial charge is 0.0184 e. The van der Waals surface area contributed by atoms with Gasteiger partial charge in [-0.05, 0) is 11.1 Å². The molecule has 0 nitrogen and oxygen atoms in total. The van der Waals surface area contributed by atoms with E-state index in [1.807, 2.05) is 12.1 Å². The van der Waals surface area contributed by atoms with Gasteiger partial charge in [-0.3, -0.25) is 0 Å². The first-order valence-electron chi connectivity index (χ1n) is 4.07. The van der Waals surface area contributed by atoms with Crippen LogP contribution in [0.4, 0.5) is 0 Å². The Kier molecular flexibility index (Phi) is 16.0. The fraction of sp³-hybridized carbons (Fsp3) is 0. The highest BCUT2D eigenvalue weighted by atomic mass is 79.9. The van der Waals surface area contributed by atoms with Crippen LogP contribution in [-0.4, -0.2) is 0 Å². The molecule has 0 unspecified atom stereocenters. The second-order valence-corrected chi connectivity index (χ2v) is 2.73. The van der Waals surface area contributed by atoms with E-state index in [2.05, 4.69) is 48.5 Å². The summed E-state index contributed by atoms with van der Waals surface area (Å²) in [4.78, 5) is 0. The monoisotopic (exact) mass is 474 g/mol. The van der Waals surface area contributed by atoms with E-state index >= 15 is 0 Å². The van der Waals surface area contributed by atoms with Crippen molar-refractivity contribution < 1.29 is 0 Å². The van der Waals surface area contributed by atoms with Crippen LogP contribution in [0.25, 0.3) is 11.1 Å². The topological polar surface area (TPSA) is 0 Å². The van der Waals surface area contributed by atoms with Crippen LogP contribution in [0, 0.1) is 0 Å². The van der Waals surface area contributed by atoms with Gasteiger partial charge in [-0.1, -0.05) is 60.7 Å². The lowest BCUT2D eigenvalue weighted by Gasteiger charge is -1.98. The molecule has 0 amide bonds. The van der Waals surface area contributed by atoms with Crippen molar-refractivity contribution in [1.29, 1.82) is 0 Å². The van der Waals surface area contributed by atoms with Crippen molar-refractivity contribution in [3.8, 4) is 11.1 Å². The molecule has 0 bridgehead atoms. The molecular formula is C12H14Br4. The van der Waals surface area contributed by atoms with Crippen LogP contribution >= 0.6 is 67.9 Å². The minimum atomic E-state index is 0. The molecule has 4 heteroatoms. The predicted octanol–water partition coefficient (Wildman–Crippen LogP) is 5.67. The van der Waals surface area contributed by atoms with Gasteiger partial charge in [-0.2, -0.15) is 0 Å². The lowest BCUT2D eigenvalue weighted by Crippen LogP contribution is -1.73. The summed E-state index contributed by atoms with van der Waals surface area (Å²) in [5.41, 5.74) is 2.55. The van der Waals surface area contributed by atoms with Gasteiger partial charge in [-0.15, -0.1) is 67.9 Å². The Morgan fingerprint density at radius 1 is 0.375 bits per heavy atom. The lowest BCUT2D eigenvalue weighted by molar-refractivity contribution is 1.62. The summed E-state index contributed by atoms with van der Waals surface area (Å²) >= 11 is 0. The maximum atomic E-state index is 2.12. The Balaban J connectivity index is -0.000000422. The van der Waals surface area contributed by atoms with Crippen molar-refractivity contribution in [3.63, 3.8) is 0 Å². The third-order valence-corrected chi connectivity index (χ3v) is 1.88. The molecule has 0 aliphatic carbocycles. The number of halogens is 4. The summed E-state index contributed by atoms with van der Waals surface area (Å²) in [6, 6.07) is 20.8. The number of hydrogen-bond donors (Lipinski definition) is 0. The van der Waals surface area contributed by atoms with Gasteiger partial charge in [0.05, 0.1) is 0 Å². The first kappa shape index (κ1) is 21.6. The third-order valence-electron chi connectivity index (χ3n) is 1.88. The summed E-state index contributed by atoms with van der Waals surface area (Å²) in [6.07, 6.45) is 0. The molecule has 0 aromatic heterocycles. The minimum absolute atomic E-state index is 0. The van der Waals surface area contributed by atoms with E-state index in [9.17, 15) is 0 Å². The van der Waals surface area contributed by atoms with Gasteiger partial charge >= 0.3 is 0 Å². The van der Waals surface area contributed by atoms with Crippen LogP contribution in [0.5, 0.6) is 0 Å². The van der Waals surface area contributed by atoms with E-state index in [0.29, 0.717) is 0 Å². The summed E-state index contributed by atoms with van der Waals surface area (Å²) in [5, 5.41) is 0. The summed E-state index contributed by atoms with van der Waals surface area (Å²) in [6.45, 7) is 0. The van der Waals surface area contributed by atoms with E-state index < -0.39 is 0 Å². The highest BCUT2D eigenvalue weighted by molar-refractivity contribution is 8.93. The molecule has 2 rings (SSSR count). The number of hydrogen-bond acceptors (Lipinski definition) is 0. The molecule has 0 atom stereocenters. The van der Waals surface area contributed by atoms with Gasteiger partial charge in [0, 0.05) is 0 Å². The second-order valence-electron chi connectivity index (χ2n) is 2.73. The Morgan fingerprint density at radius 2 is 0.625 bits per heavy atom. The van der Waals surface area contributed by atoms with Crippen molar-refractivity contribution >= 4 is 67.9 Å². The quantitative estimate of drug-likeness (QED) is 0.497. The predicted molar refractivity (Wildman–Crippen MR) is 93.2 cm³/mol. The molecule has 0 radical (unpaired) electrons. The first-order chi connectivity index (χ1) is 5.97. The largest absolute Gasteiger partial charge is 0.114 e. The molecule has 90 valence electrons. The highest BCUT2D eigenvalue weighted by Crippen LogP contribution is 2.17. The van der Waals surface area contributed by atoms with E-state index in [0.717, 1.165) is 0 Å².